The molecular formula is C10H12N2S. The molecule has 2 nitrogen and oxygen atoms in total. The minimum absolute atomic E-state index is 0.987. The number of hydrogen-bond donors (Lipinski definition) is 1. The van der Waals surface area contributed by atoms with Gasteiger partial charge in [0.25, 0.3) is 0 Å². The molecule has 2 heterocycles. The Balaban J connectivity index is 2.41. The first kappa shape index (κ1) is 8.51. The normalized spacial score (nSPS) is 10.6. The summed E-state index contributed by atoms with van der Waals surface area (Å²) >= 11 is 1.73. The van der Waals surface area contributed by atoms with E-state index in [1.807, 2.05) is 6.20 Å². The van der Waals surface area contributed by atoms with E-state index < -0.39 is 0 Å². The maximum atomic E-state index is 4.49. The Hall–Kier alpha value is -1.09. The monoisotopic (exact) mass is 192 g/mol. The maximum Gasteiger partial charge on any atom is 0.147 e. The minimum atomic E-state index is 0.987. The number of aryl methyl sites for hydroxylation is 2. The van der Waals surface area contributed by atoms with Crippen LogP contribution in [0.5, 0.6) is 0 Å². The van der Waals surface area contributed by atoms with E-state index in [4.69, 9.17) is 0 Å². The molecule has 0 saturated carbocycles. The number of H-pyrrole nitrogens is 1. The van der Waals surface area contributed by atoms with Crippen molar-refractivity contribution in [1.29, 1.82) is 0 Å². The van der Waals surface area contributed by atoms with Crippen LogP contribution >= 0.6 is 11.3 Å². The highest BCUT2D eigenvalue weighted by Crippen LogP contribution is 2.26. The molecule has 2 aromatic rings. The molecule has 3 heteroatoms. The first-order valence-electron chi connectivity index (χ1n) is 4.40. The third-order valence-corrected chi connectivity index (χ3v) is 3.09. The van der Waals surface area contributed by atoms with Crippen molar-refractivity contribution in [2.24, 2.45) is 0 Å². The zero-order valence-electron chi connectivity index (χ0n) is 7.79. The number of imidazole rings is 1. The summed E-state index contributed by atoms with van der Waals surface area (Å²) in [7, 11) is 0. The molecule has 0 aliphatic carbocycles. The molecule has 0 atom stereocenters. The SMILES string of the molecule is CCc1c[nH]c(-c2sccc2C)n1. The van der Waals surface area contributed by atoms with Gasteiger partial charge >= 0.3 is 0 Å². The van der Waals surface area contributed by atoms with Gasteiger partial charge in [0.05, 0.1) is 10.6 Å². The van der Waals surface area contributed by atoms with E-state index in [1.165, 1.54) is 10.4 Å². The number of nitrogens with zero attached hydrogens (tertiary/aromatic N) is 1. The van der Waals surface area contributed by atoms with Gasteiger partial charge in [-0.2, -0.15) is 0 Å². The highest BCUT2D eigenvalue weighted by molar-refractivity contribution is 7.13. The van der Waals surface area contributed by atoms with Crippen molar-refractivity contribution < 1.29 is 0 Å². The molecule has 0 bridgehead atoms. The van der Waals surface area contributed by atoms with Crippen molar-refractivity contribution in [2.45, 2.75) is 20.3 Å². The summed E-state index contributed by atoms with van der Waals surface area (Å²) in [5.74, 6) is 1.00. The molecule has 0 amide bonds. The average Bonchev–Trinajstić information content (AvgIpc) is 2.71. The quantitative estimate of drug-likeness (QED) is 0.778. The van der Waals surface area contributed by atoms with Gasteiger partial charge in [0.15, 0.2) is 0 Å². The van der Waals surface area contributed by atoms with Crippen LogP contribution in [0.15, 0.2) is 17.6 Å². The highest BCUT2D eigenvalue weighted by atomic mass is 32.1. The van der Waals surface area contributed by atoms with E-state index in [1.54, 1.807) is 11.3 Å². The third kappa shape index (κ3) is 1.52. The molecule has 0 aromatic carbocycles. The van der Waals surface area contributed by atoms with Crippen LogP contribution in [0.3, 0.4) is 0 Å². The van der Waals surface area contributed by atoms with Gasteiger partial charge in [0.2, 0.25) is 0 Å². The predicted molar refractivity (Wildman–Crippen MR) is 56.0 cm³/mol. The van der Waals surface area contributed by atoms with Gasteiger partial charge in [-0.05, 0) is 30.4 Å². The lowest BCUT2D eigenvalue weighted by Crippen LogP contribution is -1.80. The molecular weight excluding hydrogens is 180 g/mol. The van der Waals surface area contributed by atoms with Crippen LogP contribution in [-0.2, 0) is 6.42 Å². The number of hydrogen-bond acceptors (Lipinski definition) is 2. The smallest absolute Gasteiger partial charge is 0.147 e. The molecule has 0 unspecified atom stereocenters. The zero-order valence-corrected chi connectivity index (χ0v) is 8.61. The molecule has 2 aromatic heterocycles. The van der Waals surface area contributed by atoms with Crippen LogP contribution < -0.4 is 0 Å². The molecule has 0 radical (unpaired) electrons. The Morgan fingerprint density at radius 1 is 1.54 bits per heavy atom. The maximum absolute atomic E-state index is 4.49. The lowest BCUT2D eigenvalue weighted by atomic mass is 10.3. The fraction of sp³-hybridized carbons (Fsp3) is 0.300. The second kappa shape index (κ2) is 3.34. The van der Waals surface area contributed by atoms with Crippen LogP contribution in [0.1, 0.15) is 18.2 Å². The van der Waals surface area contributed by atoms with E-state index in [9.17, 15) is 0 Å². The molecule has 0 saturated heterocycles. The largest absolute Gasteiger partial charge is 0.344 e. The molecule has 0 aliphatic heterocycles. The van der Waals surface area contributed by atoms with Crippen LogP contribution in [-0.4, -0.2) is 9.97 Å². The lowest BCUT2D eigenvalue weighted by molar-refractivity contribution is 1.07. The number of aromatic amines is 1. The molecule has 0 fully saturated rings. The van der Waals surface area contributed by atoms with Crippen LogP contribution in [0.2, 0.25) is 0 Å². The predicted octanol–water partition coefficient (Wildman–Crippen LogP) is 3.01. The topological polar surface area (TPSA) is 28.7 Å². The van der Waals surface area contributed by atoms with Crippen LogP contribution in [0.25, 0.3) is 10.7 Å². The van der Waals surface area contributed by atoms with Gasteiger partial charge in [-0.25, -0.2) is 4.98 Å². The van der Waals surface area contributed by atoms with Crippen molar-refractivity contribution in [3.63, 3.8) is 0 Å². The van der Waals surface area contributed by atoms with E-state index in [0.717, 1.165) is 17.9 Å². The molecule has 68 valence electrons. The molecule has 0 spiro atoms. The first-order valence-corrected chi connectivity index (χ1v) is 5.28. The second-order valence-electron chi connectivity index (χ2n) is 3.03. The summed E-state index contributed by atoms with van der Waals surface area (Å²) in [4.78, 5) is 8.94. The lowest BCUT2D eigenvalue weighted by Gasteiger charge is -1.92. The van der Waals surface area contributed by atoms with Crippen molar-refractivity contribution >= 4 is 11.3 Å². The van der Waals surface area contributed by atoms with E-state index in [-0.39, 0.29) is 0 Å². The average molecular weight is 192 g/mol. The summed E-state index contributed by atoms with van der Waals surface area (Å²) in [6.45, 7) is 4.22. The summed E-state index contributed by atoms with van der Waals surface area (Å²) in [6, 6.07) is 2.12. The van der Waals surface area contributed by atoms with E-state index in [0.29, 0.717) is 0 Å². The molecule has 1 N–H and O–H groups in total. The van der Waals surface area contributed by atoms with Crippen molar-refractivity contribution in [3.8, 4) is 10.7 Å². The number of aromatic nitrogens is 2. The Labute approximate surface area is 81.7 Å². The van der Waals surface area contributed by atoms with Gasteiger partial charge in [-0.3, -0.25) is 0 Å². The Morgan fingerprint density at radius 2 is 2.38 bits per heavy atom. The summed E-state index contributed by atoms with van der Waals surface area (Å²) in [6.07, 6.45) is 2.97. The Morgan fingerprint density at radius 3 is 2.92 bits per heavy atom. The standard InChI is InChI=1S/C10H12N2S/c1-3-8-6-11-10(12-8)9-7(2)4-5-13-9/h4-6H,3H2,1-2H3,(H,11,12). The zero-order chi connectivity index (χ0) is 9.26. The Kier molecular flexibility index (Phi) is 2.19. The minimum Gasteiger partial charge on any atom is -0.344 e. The van der Waals surface area contributed by atoms with Crippen molar-refractivity contribution in [3.05, 3.63) is 28.9 Å². The molecule has 13 heavy (non-hydrogen) atoms. The van der Waals surface area contributed by atoms with Gasteiger partial charge < -0.3 is 4.98 Å². The molecule has 2 rings (SSSR count). The third-order valence-electron chi connectivity index (χ3n) is 2.07. The highest BCUT2D eigenvalue weighted by Gasteiger charge is 2.06. The molecule has 0 aliphatic rings. The fourth-order valence-electron chi connectivity index (χ4n) is 1.27. The van der Waals surface area contributed by atoms with Crippen molar-refractivity contribution in [2.75, 3.05) is 0 Å². The van der Waals surface area contributed by atoms with E-state index in [2.05, 4.69) is 35.3 Å². The van der Waals surface area contributed by atoms with Gasteiger partial charge in [0, 0.05) is 6.20 Å². The fourth-order valence-corrected chi connectivity index (χ4v) is 2.15. The van der Waals surface area contributed by atoms with Crippen LogP contribution in [0, 0.1) is 6.92 Å². The summed E-state index contributed by atoms with van der Waals surface area (Å²) < 4.78 is 0. The number of rotatable bonds is 2. The second-order valence-corrected chi connectivity index (χ2v) is 3.94. The number of thiophene rings is 1. The van der Waals surface area contributed by atoms with Gasteiger partial charge in [-0.15, -0.1) is 11.3 Å². The van der Waals surface area contributed by atoms with Crippen molar-refractivity contribution in [1.82, 2.24) is 9.97 Å². The number of nitrogens with one attached hydrogen (secondary N) is 1. The van der Waals surface area contributed by atoms with Gasteiger partial charge in [0.1, 0.15) is 5.82 Å². The summed E-state index contributed by atoms with van der Waals surface area (Å²) in [5.41, 5.74) is 2.42. The summed E-state index contributed by atoms with van der Waals surface area (Å²) in [5, 5.41) is 2.10. The van der Waals surface area contributed by atoms with E-state index >= 15 is 0 Å². The Bertz CT molecular complexity index is 400. The van der Waals surface area contributed by atoms with Gasteiger partial charge in [-0.1, -0.05) is 6.92 Å². The van der Waals surface area contributed by atoms with Crippen LogP contribution in [0.4, 0.5) is 0 Å². The first-order chi connectivity index (χ1) is 6.31.